The fourth-order valence-corrected chi connectivity index (χ4v) is 6.39. The van der Waals surface area contributed by atoms with E-state index in [1.165, 1.54) is 0 Å². The lowest BCUT2D eigenvalue weighted by Gasteiger charge is -2.35. The summed E-state index contributed by atoms with van der Waals surface area (Å²) in [6.45, 7) is 1.000. The van der Waals surface area contributed by atoms with Crippen molar-refractivity contribution in [2.24, 2.45) is 11.8 Å². The van der Waals surface area contributed by atoms with Gasteiger partial charge in [0.2, 0.25) is 7.37 Å². The van der Waals surface area contributed by atoms with Gasteiger partial charge in [0, 0.05) is 26.9 Å². The zero-order chi connectivity index (χ0) is 16.6. The normalized spacial score (nSPS) is 59.0. The third-order valence-corrected chi connectivity index (χ3v) is 7.35. The van der Waals surface area contributed by atoms with Crippen molar-refractivity contribution >= 4 is 7.37 Å². The van der Waals surface area contributed by atoms with Crippen LogP contribution < -0.4 is 0 Å². The highest BCUT2D eigenvalue weighted by Gasteiger charge is 2.42. The fourth-order valence-electron chi connectivity index (χ4n) is 3.53. The molecule has 3 aliphatic heterocycles. The van der Waals surface area contributed by atoms with Gasteiger partial charge < -0.3 is 14.0 Å². The molecule has 5 heteroatoms. The molecular formula is C15H27O4P. The molecule has 0 bridgehead atoms. The molecule has 3 saturated heterocycles. The summed E-state index contributed by atoms with van der Waals surface area (Å²) in [5.74, 6) is 0.506. The van der Waals surface area contributed by atoms with Crippen molar-refractivity contribution in [1.82, 2.24) is 0 Å². The van der Waals surface area contributed by atoms with E-state index in [9.17, 15) is 4.57 Å². The Balaban J connectivity index is 1.64. The van der Waals surface area contributed by atoms with E-state index in [1.807, 2.05) is 0 Å². The Labute approximate surface area is 126 Å². The van der Waals surface area contributed by atoms with Crippen LogP contribution in [0.15, 0.2) is 0 Å². The topological polar surface area (TPSA) is 44.8 Å². The van der Waals surface area contributed by atoms with Crippen molar-refractivity contribution in [3.63, 3.8) is 0 Å². The summed E-state index contributed by atoms with van der Waals surface area (Å²) in [4.78, 5) is 0. The van der Waals surface area contributed by atoms with Crippen molar-refractivity contribution in [1.29, 1.82) is 0 Å². The summed E-state index contributed by atoms with van der Waals surface area (Å²) in [6, 6.07) is 0. The van der Waals surface area contributed by atoms with Gasteiger partial charge in [-0.3, -0.25) is 4.57 Å². The van der Waals surface area contributed by atoms with E-state index in [-0.39, 0.29) is 18.9 Å². The van der Waals surface area contributed by atoms with Crippen molar-refractivity contribution in [2.75, 3.05) is 25.5 Å². The molecule has 3 rings (SSSR count). The Morgan fingerprint density at radius 3 is 2.95 bits per heavy atom. The molecule has 0 amide bonds. The van der Waals surface area contributed by atoms with E-state index < -0.39 is 32.7 Å². The predicted molar refractivity (Wildman–Crippen MR) is 78.5 cm³/mol. The quantitative estimate of drug-likeness (QED) is 0.751. The minimum absolute atomic E-state index is 0.00505. The van der Waals surface area contributed by atoms with E-state index in [4.69, 9.17) is 18.1 Å². The van der Waals surface area contributed by atoms with Gasteiger partial charge in [-0.2, -0.15) is 0 Å². The molecule has 0 aromatic rings. The first-order chi connectivity index (χ1) is 10.9. The molecule has 0 aromatic heterocycles. The van der Waals surface area contributed by atoms with Gasteiger partial charge in [-0.15, -0.1) is 0 Å². The highest BCUT2D eigenvalue weighted by Crippen LogP contribution is 2.56. The Hall–Kier alpha value is 0.110. The summed E-state index contributed by atoms with van der Waals surface area (Å²) in [5.41, 5.74) is 0. The maximum atomic E-state index is 13.2. The smallest absolute Gasteiger partial charge is 0.203 e. The summed E-state index contributed by atoms with van der Waals surface area (Å²) in [6.07, 6.45) is 3.18. The molecule has 3 fully saturated rings. The number of ether oxygens (including phenoxy) is 2. The van der Waals surface area contributed by atoms with Crippen LogP contribution in [0.25, 0.3) is 0 Å². The lowest BCUT2D eigenvalue weighted by atomic mass is 9.90. The zero-order valence-electron chi connectivity index (χ0n) is 15.1. The van der Waals surface area contributed by atoms with Gasteiger partial charge in [-0.1, -0.05) is 6.92 Å². The molecule has 0 aromatic carbocycles. The molecule has 3 heterocycles. The maximum Gasteiger partial charge on any atom is 0.203 e. The van der Waals surface area contributed by atoms with E-state index in [2.05, 4.69) is 6.92 Å². The molecule has 3 aliphatic rings. The second kappa shape index (κ2) is 6.08. The van der Waals surface area contributed by atoms with Crippen LogP contribution in [-0.2, 0) is 18.6 Å². The van der Waals surface area contributed by atoms with Gasteiger partial charge in [0.15, 0.2) is 0 Å². The van der Waals surface area contributed by atoms with Crippen LogP contribution in [0.2, 0.25) is 0 Å². The summed E-state index contributed by atoms with van der Waals surface area (Å²) in [5, 5.41) is 0. The number of hydrogen-bond donors (Lipinski definition) is 0. The standard InChI is InChI=1S/C15H27O4P/c1-11-5-7-18-15(11)13-4-3-9-20(16,10-13)19-14-6-8-17-12(14)2/h11-15H,3-10H2,1-2H3/t11-,12+,13+,14-,15-,20+/m0/s1/i2D,7T,8T/t7-,8-,11+,12-,13-,14+,15+,20-/m1. The molecule has 0 radical (unpaired) electrons. The molecule has 0 spiro atoms. The van der Waals surface area contributed by atoms with Crippen LogP contribution in [0, 0.1) is 11.8 Å². The van der Waals surface area contributed by atoms with Crippen LogP contribution in [0.5, 0.6) is 0 Å². The molecule has 0 aliphatic carbocycles. The van der Waals surface area contributed by atoms with Crippen LogP contribution >= 0.6 is 7.37 Å². The summed E-state index contributed by atoms with van der Waals surface area (Å²) in [7, 11) is -2.78. The van der Waals surface area contributed by atoms with E-state index in [0.717, 1.165) is 19.3 Å². The average molecular weight is 307 g/mol. The highest BCUT2D eigenvalue weighted by molar-refractivity contribution is 7.59. The largest absolute Gasteiger partial charge is 0.378 e. The first kappa shape index (κ1) is 11.6. The van der Waals surface area contributed by atoms with E-state index in [1.54, 1.807) is 0 Å². The third-order valence-electron chi connectivity index (χ3n) is 4.67. The van der Waals surface area contributed by atoms with Gasteiger partial charge in [0.1, 0.15) is 0 Å². The van der Waals surface area contributed by atoms with Crippen molar-refractivity contribution in [2.45, 2.75) is 57.8 Å². The first-order valence-corrected chi connectivity index (χ1v) is 9.61. The Kier molecular flexibility index (Phi) is 3.54. The minimum Gasteiger partial charge on any atom is -0.378 e. The molecule has 8 atom stereocenters. The SMILES string of the molecule is [2H]C[C@H]1O[C@H]([3H])C[C@@H]1O[P@]1(=O)CCC[C@@H]([C@H]2O[C@H]([3H])C[C@@H]2C)C1. The number of rotatable bonds is 3. The Morgan fingerprint density at radius 1 is 1.35 bits per heavy atom. The molecule has 4 nitrogen and oxygen atoms in total. The van der Waals surface area contributed by atoms with Crippen LogP contribution in [0.1, 0.15) is 43.6 Å². The second-order valence-corrected chi connectivity index (χ2v) is 8.98. The minimum atomic E-state index is -2.78. The second-order valence-electron chi connectivity index (χ2n) is 6.32. The maximum absolute atomic E-state index is 13.2. The van der Waals surface area contributed by atoms with E-state index in [0.29, 0.717) is 24.7 Å². The number of hydrogen-bond acceptors (Lipinski definition) is 4. The van der Waals surface area contributed by atoms with Crippen LogP contribution in [0.4, 0.5) is 0 Å². The molecule has 0 unspecified atom stereocenters. The fraction of sp³-hybridized carbons (Fsp3) is 1.00. The van der Waals surface area contributed by atoms with Crippen molar-refractivity contribution in [3.05, 3.63) is 0 Å². The monoisotopic (exact) mass is 307 g/mol. The van der Waals surface area contributed by atoms with Crippen LogP contribution in [-0.4, -0.2) is 43.8 Å². The Bertz CT molecular complexity index is 466. The van der Waals surface area contributed by atoms with Crippen molar-refractivity contribution < 1.29 is 22.7 Å². The molecular weight excluding hydrogens is 275 g/mol. The van der Waals surface area contributed by atoms with E-state index >= 15 is 0 Å². The lowest BCUT2D eigenvalue weighted by Crippen LogP contribution is -2.32. The molecule has 0 N–H and O–H groups in total. The molecule has 20 heavy (non-hydrogen) atoms. The van der Waals surface area contributed by atoms with Gasteiger partial charge >= 0.3 is 0 Å². The first-order valence-electron chi connectivity index (χ1n) is 9.47. The summed E-state index contributed by atoms with van der Waals surface area (Å²) < 4.78 is 53.2. The third kappa shape index (κ3) is 3.14. The highest BCUT2D eigenvalue weighted by atomic mass is 31.2. The molecule has 116 valence electrons. The zero-order valence-corrected chi connectivity index (χ0v) is 13.0. The van der Waals surface area contributed by atoms with Crippen LogP contribution in [0.3, 0.4) is 0 Å². The average Bonchev–Trinajstić information content (AvgIpc) is 3.00. The lowest BCUT2D eigenvalue weighted by molar-refractivity contribution is 0.0420. The summed E-state index contributed by atoms with van der Waals surface area (Å²) >= 11 is 0. The van der Waals surface area contributed by atoms with Crippen molar-refractivity contribution in [3.8, 4) is 0 Å². The van der Waals surface area contributed by atoms with Gasteiger partial charge in [-0.25, -0.2) is 0 Å². The van der Waals surface area contributed by atoms with Gasteiger partial charge in [0.05, 0.1) is 21.1 Å². The Morgan fingerprint density at radius 2 is 2.20 bits per heavy atom. The van der Waals surface area contributed by atoms with Gasteiger partial charge in [0.25, 0.3) is 0 Å². The predicted octanol–water partition coefficient (Wildman–Crippen LogP) is 3.29. The van der Waals surface area contributed by atoms with Gasteiger partial charge in [-0.05, 0) is 44.4 Å². The molecule has 0 saturated carbocycles.